The summed E-state index contributed by atoms with van der Waals surface area (Å²) in [5, 5.41) is 0.227. The molecular weight excluding hydrogens is 520 g/mol. The Balaban J connectivity index is 1.73. The van der Waals surface area contributed by atoms with E-state index in [1.807, 2.05) is 26.0 Å². The lowest BCUT2D eigenvalue weighted by Crippen LogP contribution is -2.39. The zero-order valence-electron chi connectivity index (χ0n) is 20.2. The van der Waals surface area contributed by atoms with E-state index < -0.39 is 35.0 Å². The van der Waals surface area contributed by atoms with Gasteiger partial charge in [-0.25, -0.2) is 4.98 Å². The Morgan fingerprint density at radius 3 is 2.16 bits per heavy atom. The van der Waals surface area contributed by atoms with Crippen LogP contribution < -0.4 is 4.90 Å². The van der Waals surface area contributed by atoms with E-state index in [0.717, 1.165) is 15.8 Å². The molecule has 0 unspecified atom stereocenters. The van der Waals surface area contributed by atoms with Gasteiger partial charge in [-0.3, -0.25) is 14.6 Å². The van der Waals surface area contributed by atoms with E-state index in [1.165, 1.54) is 16.2 Å². The molecule has 1 amide bonds. The highest BCUT2D eigenvalue weighted by atomic mass is 32.1. The zero-order chi connectivity index (χ0) is 27.0. The van der Waals surface area contributed by atoms with E-state index in [9.17, 15) is 31.1 Å². The van der Waals surface area contributed by atoms with Gasteiger partial charge >= 0.3 is 12.4 Å². The van der Waals surface area contributed by atoms with Crippen molar-refractivity contribution in [2.24, 2.45) is 0 Å². The van der Waals surface area contributed by atoms with Crippen LogP contribution in [-0.2, 0) is 17.1 Å². The molecular formula is C25H25F6N3O2S. The number of morpholine rings is 1. The Labute approximate surface area is 213 Å². The molecule has 4 rings (SSSR count). The first-order valence-electron chi connectivity index (χ1n) is 11.6. The van der Waals surface area contributed by atoms with Gasteiger partial charge < -0.3 is 4.74 Å². The fraction of sp³-hybridized carbons (Fsp3) is 0.440. The maximum atomic E-state index is 13.6. The minimum atomic E-state index is -5.05. The van der Waals surface area contributed by atoms with Crippen LogP contribution >= 0.6 is 11.3 Å². The third kappa shape index (κ3) is 6.24. The predicted molar refractivity (Wildman–Crippen MR) is 129 cm³/mol. The summed E-state index contributed by atoms with van der Waals surface area (Å²) in [5.41, 5.74) is -1.36. The van der Waals surface area contributed by atoms with Crippen molar-refractivity contribution in [3.8, 4) is 0 Å². The molecule has 12 heteroatoms. The average molecular weight is 546 g/mol. The van der Waals surface area contributed by atoms with Crippen LogP contribution in [0.1, 0.15) is 39.0 Å². The molecule has 200 valence electrons. The highest BCUT2D eigenvalue weighted by Gasteiger charge is 2.38. The monoisotopic (exact) mass is 545 g/mol. The molecule has 1 aliphatic rings. The molecule has 2 heterocycles. The highest BCUT2D eigenvalue weighted by Crippen LogP contribution is 2.38. The predicted octanol–water partition coefficient (Wildman–Crippen LogP) is 6.32. The quantitative estimate of drug-likeness (QED) is 0.340. The van der Waals surface area contributed by atoms with Crippen LogP contribution in [0.2, 0.25) is 0 Å². The van der Waals surface area contributed by atoms with E-state index in [-0.39, 0.29) is 17.7 Å². The number of rotatable bonds is 6. The number of anilines is 1. The van der Waals surface area contributed by atoms with Crippen LogP contribution in [0.4, 0.5) is 31.5 Å². The molecule has 0 N–H and O–H groups in total. The van der Waals surface area contributed by atoms with Crippen LogP contribution in [0.25, 0.3) is 10.2 Å². The minimum Gasteiger partial charge on any atom is -0.379 e. The summed E-state index contributed by atoms with van der Waals surface area (Å²) >= 11 is 1.19. The number of thiazole rings is 1. The Morgan fingerprint density at radius 2 is 1.59 bits per heavy atom. The standard InChI is InChI=1S/C25H25F6N3O2S/c1-15-4-5-16(2)21-20(15)32-23(37-21)34(7-3-6-33-8-10-36-11-9-33)22(35)17-12-18(24(26,27)28)14-19(13-17)25(29,30)31/h4-5,12-14H,3,6-11H2,1-2H3. The van der Waals surface area contributed by atoms with Gasteiger partial charge in [-0.15, -0.1) is 0 Å². The number of hydrogen-bond acceptors (Lipinski definition) is 5. The number of alkyl halides is 6. The molecule has 0 atom stereocenters. The van der Waals surface area contributed by atoms with Gasteiger partial charge in [-0.2, -0.15) is 26.3 Å². The molecule has 5 nitrogen and oxygen atoms in total. The second-order valence-electron chi connectivity index (χ2n) is 8.93. The van der Waals surface area contributed by atoms with Crippen LogP contribution in [0, 0.1) is 13.8 Å². The van der Waals surface area contributed by atoms with Gasteiger partial charge in [0.2, 0.25) is 0 Å². The number of carbonyl (C=O) groups excluding carboxylic acids is 1. The molecule has 1 aromatic heterocycles. The lowest BCUT2D eigenvalue weighted by atomic mass is 10.0. The second-order valence-corrected chi connectivity index (χ2v) is 9.91. The maximum Gasteiger partial charge on any atom is 0.416 e. The number of fused-ring (bicyclic) bond motifs is 1. The van der Waals surface area contributed by atoms with Gasteiger partial charge in [-0.1, -0.05) is 23.5 Å². The van der Waals surface area contributed by atoms with Crippen molar-refractivity contribution in [3.05, 3.63) is 58.1 Å². The fourth-order valence-corrected chi connectivity index (χ4v) is 5.30. The number of benzene rings is 2. The van der Waals surface area contributed by atoms with Crippen LogP contribution in [0.3, 0.4) is 0 Å². The molecule has 1 aliphatic heterocycles. The first kappa shape index (κ1) is 27.3. The molecule has 1 fully saturated rings. The van der Waals surface area contributed by atoms with Gasteiger partial charge in [0, 0.05) is 31.7 Å². The smallest absolute Gasteiger partial charge is 0.379 e. The number of halogens is 6. The molecule has 37 heavy (non-hydrogen) atoms. The lowest BCUT2D eigenvalue weighted by Gasteiger charge is -2.28. The number of nitrogens with zero attached hydrogens (tertiary/aromatic N) is 3. The number of amides is 1. The van der Waals surface area contributed by atoms with Crippen molar-refractivity contribution in [2.75, 3.05) is 44.3 Å². The van der Waals surface area contributed by atoms with E-state index >= 15 is 0 Å². The number of aryl methyl sites for hydroxylation is 2. The van der Waals surface area contributed by atoms with Gasteiger partial charge in [0.25, 0.3) is 5.91 Å². The van der Waals surface area contributed by atoms with Crippen molar-refractivity contribution in [1.82, 2.24) is 9.88 Å². The Bertz CT molecular complexity index is 1210. The topological polar surface area (TPSA) is 45.7 Å². The van der Waals surface area contributed by atoms with Crippen molar-refractivity contribution in [3.63, 3.8) is 0 Å². The highest BCUT2D eigenvalue weighted by molar-refractivity contribution is 7.22. The zero-order valence-corrected chi connectivity index (χ0v) is 21.0. The normalized spacial score (nSPS) is 15.4. The first-order valence-corrected chi connectivity index (χ1v) is 12.4. The molecule has 2 aromatic carbocycles. The SMILES string of the molecule is Cc1ccc(C)c2sc(N(CCCN3CCOCC3)C(=O)c3cc(C(F)(F)F)cc(C(F)(F)F)c3)nc12. The molecule has 1 saturated heterocycles. The van der Waals surface area contributed by atoms with Crippen LogP contribution in [0.5, 0.6) is 0 Å². The summed E-state index contributed by atoms with van der Waals surface area (Å²) in [6.45, 7) is 6.94. The average Bonchev–Trinajstić information content (AvgIpc) is 3.30. The lowest BCUT2D eigenvalue weighted by molar-refractivity contribution is -0.143. The second kappa shape index (κ2) is 10.6. The third-order valence-corrected chi connectivity index (χ3v) is 7.42. The fourth-order valence-electron chi connectivity index (χ4n) is 4.16. The Hall–Kier alpha value is -2.70. The molecule has 0 saturated carbocycles. The van der Waals surface area contributed by atoms with Crippen LogP contribution in [-0.4, -0.2) is 55.2 Å². The Morgan fingerprint density at radius 1 is 1.00 bits per heavy atom. The maximum absolute atomic E-state index is 13.6. The minimum absolute atomic E-state index is 0.0178. The third-order valence-electron chi connectivity index (χ3n) is 6.20. The van der Waals surface area contributed by atoms with E-state index in [1.54, 1.807) is 0 Å². The molecule has 3 aromatic rings. The van der Waals surface area contributed by atoms with E-state index in [2.05, 4.69) is 9.88 Å². The number of hydrogen-bond donors (Lipinski definition) is 0. The van der Waals surface area contributed by atoms with E-state index in [0.29, 0.717) is 56.9 Å². The summed E-state index contributed by atoms with van der Waals surface area (Å²) in [6, 6.07) is 4.72. The largest absolute Gasteiger partial charge is 0.416 e. The number of carbonyl (C=O) groups is 1. The van der Waals surface area contributed by atoms with Crippen molar-refractivity contribution in [1.29, 1.82) is 0 Å². The van der Waals surface area contributed by atoms with Gasteiger partial charge in [0.1, 0.15) is 0 Å². The number of ether oxygens (including phenoxy) is 1. The van der Waals surface area contributed by atoms with Crippen molar-refractivity contribution >= 4 is 32.6 Å². The van der Waals surface area contributed by atoms with Gasteiger partial charge in [-0.05, 0) is 49.6 Å². The van der Waals surface area contributed by atoms with E-state index in [4.69, 9.17) is 4.74 Å². The molecule has 0 bridgehead atoms. The first-order chi connectivity index (χ1) is 17.3. The summed E-state index contributed by atoms with van der Waals surface area (Å²) in [5.74, 6) is -0.965. The Kier molecular flexibility index (Phi) is 7.82. The summed E-state index contributed by atoms with van der Waals surface area (Å²) in [6.07, 6.45) is -9.66. The van der Waals surface area contributed by atoms with Crippen molar-refractivity contribution in [2.45, 2.75) is 32.6 Å². The van der Waals surface area contributed by atoms with Gasteiger partial charge in [0.15, 0.2) is 5.13 Å². The number of aromatic nitrogens is 1. The summed E-state index contributed by atoms with van der Waals surface area (Å²) in [4.78, 5) is 21.5. The molecule has 0 spiro atoms. The molecule has 0 radical (unpaired) electrons. The van der Waals surface area contributed by atoms with Crippen molar-refractivity contribution < 1.29 is 35.9 Å². The summed E-state index contributed by atoms with van der Waals surface area (Å²) < 4.78 is 86.8. The van der Waals surface area contributed by atoms with Gasteiger partial charge in [0.05, 0.1) is 34.6 Å². The summed E-state index contributed by atoms with van der Waals surface area (Å²) in [7, 11) is 0. The van der Waals surface area contributed by atoms with Crippen LogP contribution in [0.15, 0.2) is 30.3 Å². The molecule has 0 aliphatic carbocycles.